The third-order valence-electron chi connectivity index (χ3n) is 2.94. The van der Waals surface area contributed by atoms with Gasteiger partial charge in [-0.1, -0.05) is 0 Å². The second-order valence-corrected chi connectivity index (χ2v) is 4.67. The first-order valence-electron chi connectivity index (χ1n) is 6.26. The number of rotatable bonds is 4. The van der Waals surface area contributed by atoms with Gasteiger partial charge >= 0.3 is 0 Å². The summed E-state index contributed by atoms with van der Waals surface area (Å²) in [6, 6.07) is 11.3. The van der Waals surface area contributed by atoms with Crippen LogP contribution in [-0.4, -0.2) is 30.3 Å². The molecule has 108 valence electrons. The number of nitro benzene ring substituents is 1. The van der Waals surface area contributed by atoms with E-state index < -0.39 is 4.92 Å². The maximum absolute atomic E-state index is 10.7. The lowest BCUT2D eigenvalue weighted by Gasteiger charge is -2.11. The summed E-state index contributed by atoms with van der Waals surface area (Å²) >= 11 is 0. The number of anilines is 1. The van der Waals surface area contributed by atoms with E-state index in [9.17, 15) is 15.2 Å². The number of nitrogens with zero attached hydrogens (tertiary/aromatic N) is 3. The number of aliphatic imine (C=N–C) groups is 1. The van der Waals surface area contributed by atoms with Crippen LogP contribution in [0.3, 0.4) is 0 Å². The number of benzene rings is 2. The average molecular weight is 285 g/mol. The van der Waals surface area contributed by atoms with Gasteiger partial charge in [-0.2, -0.15) is 0 Å². The first-order valence-corrected chi connectivity index (χ1v) is 6.26. The fourth-order valence-corrected chi connectivity index (χ4v) is 1.74. The maximum atomic E-state index is 10.7. The summed E-state index contributed by atoms with van der Waals surface area (Å²) in [6.45, 7) is 0. The zero-order valence-corrected chi connectivity index (χ0v) is 11.7. The van der Waals surface area contributed by atoms with Gasteiger partial charge in [0.15, 0.2) is 0 Å². The van der Waals surface area contributed by atoms with Gasteiger partial charge in [0.25, 0.3) is 5.69 Å². The summed E-state index contributed by atoms with van der Waals surface area (Å²) in [5.41, 5.74) is 1.97. The van der Waals surface area contributed by atoms with E-state index in [1.165, 1.54) is 24.4 Å². The molecule has 0 amide bonds. The summed E-state index contributed by atoms with van der Waals surface area (Å²) in [6.07, 6.45) is 1.41. The van der Waals surface area contributed by atoms with Gasteiger partial charge in [0.1, 0.15) is 5.75 Å². The second kappa shape index (κ2) is 6.04. The fraction of sp³-hybridized carbons (Fsp3) is 0.133. The lowest BCUT2D eigenvalue weighted by atomic mass is 10.2. The van der Waals surface area contributed by atoms with Gasteiger partial charge in [-0.15, -0.1) is 0 Å². The molecular formula is C15H15N3O3. The van der Waals surface area contributed by atoms with Gasteiger partial charge in [0.2, 0.25) is 0 Å². The Morgan fingerprint density at radius 2 is 1.86 bits per heavy atom. The van der Waals surface area contributed by atoms with Crippen LogP contribution in [0.4, 0.5) is 17.1 Å². The Morgan fingerprint density at radius 3 is 2.43 bits per heavy atom. The van der Waals surface area contributed by atoms with Gasteiger partial charge < -0.3 is 10.0 Å². The van der Waals surface area contributed by atoms with E-state index in [0.717, 1.165) is 5.69 Å². The van der Waals surface area contributed by atoms with E-state index in [2.05, 4.69) is 4.99 Å². The number of phenols is 1. The minimum absolute atomic E-state index is 0.0470. The van der Waals surface area contributed by atoms with E-state index in [0.29, 0.717) is 11.3 Å². The number of aromatic hydroxyl groups is 1. The molecule has 2 rings (SSSR count). The lowest BCUT2D eigenvalue weighted by Crippen LogP contribution is -2.07. The molecule has 0 aliphatic rings. The Balaban J connectivity index is 2.24. The van der Waals surface area contributed by atoms with Gasteiger partial charge in [0.05, 0.1) is 10.6 Å². The summed E-state index contributed by atoms with van der Waals surface area (Å²) < 4.78 is 0. The van der Waals surface area contributed by atoms with Crippen LogP contribution in [0.25, 0.3) is 0 Å². The van der Waals surface area contributed by atoms with Crippen LogP contribution >= 0.6 is 0 Å². The molecule has 0 fully saturated rings. The monoisotopic (exact) mass is 285 g/mol. The van der Waals surface area contributed by atoms with Crippen molar-refractivity contribution in [3.8, 4) is 5.75 Å². The van der Waals surface area contributed by atoms with Crippen molar-refractivity contribution in [2.24, 2.45) is 4.99 Å². The summed E-state index contributed by atoms with van der Waals surface area (Å²) in [5.74, 6) is -0.0470. The van der Waals surface area contributed by atoms with E-state index in [4.69, 9.17) is 0 Å². The molecule has 0 radical (unpaired) electrons. The molecule has 0 aliphatic carbocycles. The van der Waals surface area contributed by atoms with E-state index in [-0.39, 0.29) is 11.4 Å². The summed E-state index contributed by atoms with van der Waals surface area (Å²) in [4.78, 5) is 16.4. The Bertz CT molecular complexity index is 679. The first kappa shape index (κ1) is 14.5. The highest BCUT2D eigenvalue weighted by Gasteiger charge is 2.08. The third-order valence-corrected chi connectivity index (χ3v) is 2.94. The Labute approximate surface area is 122 Å². The molecule has 1 N–H and O–H groups in total. The average Bonchev–Trinajstić information content (AvgIpc) is 2.46. The number of hydrogen-bond acceptors (Lipinski definition) is 5. The molecule has 0 aliphatic heterocycles. The van der Waals surface area contributed by atoms with Crippen LogP contribution in [0, 0.1) is 10.1 Å². The van der Waals surface area contributed by atoms with Crippen molar-refractivity contribution < 1.29 is 10.0 Å². The molecule has 6 heteroatoms. The van der Waals surface area contributed by atoms with Crippen LogP contribution in [0.1, 0.15) is 5.56 Å². The predicted molar refractivity (Wildman–Crippen MR) is 82.8 cm³/mol. The quantitative estimate of drug-likeness (QED) is 0.532. The van der Waals surface area contributed by atoms with Gasteiger partial charge in [-0.05, 0) is 30.3 Å². The Hall–Kier alpha value is -2.89. The molecule has 2 aromatic rings. The molecule has 0 bridgehead atoms. The molecule has 0 saturated carbocycles. The SMILES string of the molecule is CN(C)c1ccc(/N=C/c2cc([N+](=O)[O-])ccc2O)cc1. The fourth-order valence-electron chi connectivity index (χ4n) is 1.74. The van der Waals surface area contributed by atoms with Crippen molar-refractivity contribution in [1.29, 1.82) is 0 Å². The largest absolute Gasteiger partial charge is 0.507 e. The molecule has 0 atom stereocenters. The van der Waals surface area contributed by atoms with Crippen LogP contribution in [0.5, 0.6) is 5.75 Å². The molecule has 21 heavy (non-hydrogen) atoms. The molecule has 0 spiro atoms. The minimum atomic E-state index is -0.511. The van der Waals surface area contributed by atoms with E-state index in [1.807, 2.05) is 43.3 Å². The standard InChI is InChI=1S/C15H15N3O3/c1-17(2)13-5-3-12(4-6-13)16-10-11-9-14(18(20)21)7-8-15(11)19/h3-10,19H,1-2H3/b16-10+. The molecule has 0 saturated heterocycles. The Kier molecular flexibility index (Phi) is 4.18. The predicted octanol–water partition coefficient (Wildman–Crippen LogP) is 3.12. The van der Waals surface area contributed by atoms with E-state index in [1.54, 1.807) is 0 Å². The normalized spacial score (nSPS) is 10.8. The van der Waals surface area contributed by atoms with Crippen molar-refractivity contribution in [3.63, 3.8) is 0 Å². The maximum Gasteiger partial charge on any atom is 0.270 e. The third kappa shape index (κ3) is 3.56. The number of hydrogen-bond donors (Lipinski definition) is 1. The van der Waals surface area contributed by atoms with Crippen molar-refractivity contribution >= 4 is 23.3 Å². The zero-order chi connectivity index (χ0) is 15.4. The van der Waals surface area contributed by atoms with Crippen molar-refractivity contribution in [3.05, 3.63) is 58.1 Å². The van der Waals surface area contributed by atoms with E-state index >= 15 is 0 Å². The zero-order valence-electron chi connectivity index (χ0n) is 11.7. The van der Waals surface area contributed by atoms with Crippen LogP contribution < -0.4 is 4.90 Å². The van der Waals surface area contributed by atoms with Gasteiger partial charge in [0, 0.05) is 43.7 Å². The molecule has 2 aromatic carbocycles. The Morgan fingerprint density at radius 1 is 1.19 bits per heavy atom. The highest BCUT2D eigenvalue weighted by molar-refractivity contribution is 5.86. The van der Waals surface area contributed by atoms with Crippen molar-refractivity contribution in [2.45, 2.75) is 0 Å². The highest BCUT2D eigenvalue weighted by atomic mass is 16.6. The first-order chi connectivity index (χ1) is 9.97. The highest BCUT2D eigenvalue weighted by Crippen LogP contribution is 2.23. The molecular weight excluding hydrogens is 270 g/mol. The lowest BCUT2D eigenvalue weighted by molar-refractivity contribution is -0.384. The molecule has 0 aromatic heterocycles. The number of non-ortho nitro benzene ring substituents is 1. The number of phenolic OH excluding ortho intramolecular Hbond substituents is 1. The minimum Gasteiger partial charge on any atom is -0.507 e. The van der Waals surface area contributed by atoms with Crippen molar-refractivity contribution in [2.75, 3.05) is 19.0 Å². The molecule has 6 nitrogen and oxygen atoms in total. The van der Waals surface area contributed by atoms with Crippen LogP contribution in [0.2, 0.25) is 0 Å². The van der Waals surface area contributed by atoms with Gasteiger partial charge in [-0.3, -0.25) is 15.1 Å². The smallest absolute Gasteiger partial charge is 0.270 e. The molecule has 0 heterocycles. The van der Waals surface area contributed by atoms with Crippen LogP contribution in [-0.2, 0) is 0 Å². The van der Waals surface area contributed by atoms with Crippen LogP contribution in [0.15, 0.2) is 47.5 Å². The number of nitro groups is 1. The second-order valence-electron chi connectivity index (χ2n) is 4.67. The van der Waals surface area contributed by atoms with Crippen molar-refractivity contribution in [1.82, 2.24) is 0 Å². The summed E-state index contributed by atoms with van der Waals surface area (Å²) in [7, 11) is 3.89. The van der Waals surface area contributed by atoms with Gasteiger partial charge in [-0.25, -0.2) is 0 Å². The topological polar surface area (TPSA) is 79.0 Å². The summed E-state index contributed by atoms with van der Waals surface area (Å²) in [5, 5.41) is 20.4. The molecule has 0 unspecified atom stereocenters.